The van der Waals surface area contributed by atoms with E-state index in [1.54, 1.807) is 0 Å². The maximum absolute atomic E-state index is 12.6. The molecule has 0 unspecified atom stereocenters. The number of benzene rings is 2. The van der Waals surface area contributed by atoms with Gasteiger partial charge in [0.25, 0.3) is 0 Å². The molecule has 1 N–H and O–H groups in total. The number of aryl methyl sites for hydroxylation is 1. The second kappa shape index (κ2) is 7.82. The van der Waals surface area contributed by atoms with Gasteiger partial charge in [-0.3, -0.25) is 4.79 Å². The lowest BCUT2D eigenvalue weighted by Gasteiger charge is -2.24. The van der Waals surface area contributed by atoms with Crippen molar-refractivity contribution in [3.05, 3.63) is 59.9 Å². The Balaban J connectivity index is 1.38. The van der Waals surface area contributed by atoms with Gasteiger partial charge < -0.3 is 14.8 Å². The highest BCUT2D eigenvalue weighted by molar-refractivity contribution is 5.77. The molecule has 1 aliphatic rings. The maximum Gasteiger partial charge on any atom is 0.223 e. The van der Waals surface area contributed by atoms with Crippen LogP contribution in [0.2, 0.25) is 0 Å². The number of para-hydroxylation sites is 3. The number of rotatable bonds is 6. The summed E-state index contributed by atoms with van der Waals surface area (Å²) in [6.45, 7) is 2.87. The fourth-order valence-electron chi connectivity index (χ4n) is 3.79. The maximum atomic E-state index is 12.6. The largest absolute Gasteiger partial charge is 0.371 e. The van der Waals surface area contributed by atoms with Crippen LogP contribution >= 0.6 is 0 Å². The molecule has 3 aromatic rings. The number of H-pyrrole nitrogens is 1. The SMILES string of the molecule is CN(Cc1ccccc1N1CCCC1)C(=O)CCc1nc2ccccc2[nH]1. The van der Waals surface area contributed by atoms with E-state index in [0.717, 1.165) is 29.9 Å². The highest BCUT2D eigenvalue weighted by atomic mass is 16.2. The Hall–Kier alpha value is -2.82. The van der Waals surface area contributed by atoms with Gasteiger partial charge in [0.15, 0.2) is 0 Å². The van der Waals surface area contributed by atoms with Crippen LogP contribution in [0, 0.1) is 0 Å². The second-order valence-electron chi connectivity index (χ2n) is 7.27. The first kappa shape index (κ1) is 17.6. The van der Waals surface area contributed by atoms with Gasteiger partial charge >= 0.3 is 0 Å². The average molecular weight is 362 g/mol. The molecule has 5 heteroatoms. The Bertz CT molecular complexity index is 894. The fraction of sp³-hybridized carbons (Fsp3) is 0.364. The van der Waals surface area contributed by atoms with Crippen LogP contribution in [0.5, 0.6) is 0 Å². The average Bonchev–Trinajstić information content (AvgIpc) is 3.36. The number of hydrogen-bond donors (Lipinski definition) is 1. The van der Waals surface area contributed by atoms with Crippen molar-refractivity contribution in [2.24, 2.45) is 0 Å². The second-order valence-corrected chi connectivity index (χ2v) is 7.27. The lowest BCUT2D eigenvalue weighted by molar-refractivity contribution is -0.130. The van der Waals surface area contributed by atoms with E-state index in [2.05, 4.69) is 39.1 Å². The van der Waals surface area contributed by atoms with Crippen molar-refractivity contribution < 1.29 is 4.79 Å². The molecule has 1 aliphatic heterocycles. The normalized spacial score (nSPS) is 14.0. The van der Waals surface area contributed by atoms with Crippen molar-refractivity contribution in [1.82, 2.24) is 14.9 Å². The summed E-state index contributed by atoms with van der Waals surface area (Å²) in [4.78, 5) is 24.8. The molecule has 140 valence electrons. The van der Waals surface area contributed by atoms with Crippen LogP contribution in [0.25, 0.3) is 11.0 Å². The standard InChI is InChI=1S/C22H26N4O/c1-25(16-17-8-2-5-11-20(17)26-14-6-7-15-26)22(27)13-12-21-23-18-9-3-4-10-19(18)24-21/h2-5,8-11H,6-7,12-16H2,1H3,(H,23,24). The molecule has 0 saturated carbocycles. The summed E-state index contributed by atoms with van der Waals surface area (Å²) >= 11 is 0. The van der Waals surface area contributed by atoms with Gasteiger partial charge in [-0.05, 0) is 36.6 Å². The highest BCUT2D eigenvalue weighted by Gasteiger charge is 2.17. The zero-order chi connectivity index (χ0) is 18.6. The van der Waals surface area contributed by atoms with Crippen molar-refractivity contribution in [1.29, 1.82) is 0 Å². The first-order chi connectivity index (χ1) is 13.2. The summed E-state index contributed by atoms with van der Waals surface area (Å²) in [7, 11) is 1.89. The van der Waals surface area contributed by atoms with E-state index in [9.17, 15) is 4.79 Å². The summed E-state index contributed by atoms with van der Waals surface area (Å²) in [6.07, 6.45) is 3.59. The van der Waals surface area contributed by atoms with Crippen LogP contribution < -0.4 is 4.90 Å². The van der Waals surface area contributed by atoms with Gasteiger partial charge in [-0.2, -0.15) is 0 Å². The minimum Gasteiger partial charge on any atom is -0.371 e. The van der Waals surface area contributed by atoms with E-state index in [1.807, 2.05) is 36.2 Å². The van der Waals surface area contributed by atoms with E-state index in [1.165, 1.54) is 24.1 Å². The monoisotopic (exact) mass is 362 g/mol. The van der Waals surface area contributed by atoms with Gasteiger partial charge in [0, 0.05) is 45.2 Å². The molecule has 2 aromatic carbocycles. The van der Waals surface area contributed by atoms with Gasteiger partial charge in [-0.1, -0.05) is 30.3 Å². The Kier molecular flexibility index (Phi) is 5.10. The molecule has 1 amide bonds. The molecular formula is C22H26N4O. The zero-order valence-electron chi connectivity index (χ0n) is 15.8. The quantitative estimate of drug-likeness (QED) is 0.726. The van der Waals surface area contributed by atoms with E-state index in [-0.39, 0.29) is 5.91 Å². The van der Waals surface area contributed by atoms with Gasteiger partial charge in [0.05, 0.1) is 11.0 Å². The van der Waals surface area contributed by atoms with Crippen LogP contribution in [0.15, 0.2) is 48.5 Å². The number of carbonyl (C=O) groups is 1. The molecule has 0 atom stereocenters. The summed E-state index contributed by atoms with van der Waals surface area (Å²) < 4.78 is 0. The summed E-state index contributed by atoms with van der Waals surface area (Å²) in [5, 5.41) is 0. The van der Waals surface area contributed by atoms with Crippen molar-refractivity contribution in [3.63, 3.8) is 0 Å². The molecule has 0 aliphatic carbocycles. The summed E-state index contributed by atoms with van der Waals surface area (Å²) in [5.41, 5.74) is 4.46. The Morgan fingerprint density at radius 2 is 1.85 bits per heavy atom. The molecule has 1 saturated heterocycles. The molecular weight excluding hydrogens is 336 g/mol. The van der Waals surface area contributed by atoms with Crippen LogP contribution in [-0.2, 0) is 17.8 Å². The minimum atomic E-state index is 0.145. The number of imidazole rings is 1. The lowest BCUT2D eigenvalue weighted by atomic mass is 10.1. The van der Waals surface area contributed by atoms with Crippen LogP contribution in [0.1, 0.15) is 30.7 Å². The molecule has 0 bridgehead atoms. The molecule has 0 radical (unpaired) electrons. The Morgan fingerprint density at radius 1 is 1.11 bits per heavy atom. The van der Waals surface area contributed by atoms with Crippen molar-refractivity contribution in [2.45, 2.75) is 32.2 Å². The molecule has 27 heavy (non-hydrogen) atoms. The number of carbonyl (C=O) groups excluding carboxylic acids is 1. The Morgan fingerprint density at radius 3 is 2.67 bits per heavy atom. The third-order valence-corrected chi connectivity index (χ3v) is 5.29. The van der Waals surface area contributed by atoms with Crippen molar-refractivity contribution in [3.8, 4) is 0 Å². The van der Waals surface area contributed by atoms with Crippen molar-refractivity contribution in [2.75, 3.05) is 25.0 Å². The fourth-order valence-corrected chi connectivity index (χ4v) is 3.79. The molecule has 2 heterocycles. The number of anilines is 1. The lowest BCUT2D eigenvalue weighted by Crippen LogP contribution is -2.28. The number of fused-ring (bicyclic) bond motifs is 1. The predicted octanol–water partition coefficient (Wildman–Crippen LogP) is 3.75. The van der Waals surface area contributed by atoms with Gasteiger partial charge in [-0.25, -0.2) is 4.98 Å². The first-order valence-electron chi connectivity index (χ1n) is 9.71. The third kappa shape index (κ3) is 3.97. The smallest absolute Gasteiger partial charge is 0.223 e. The van der Waals surface area contributed by atoms with Crippen molar-refractivity contribution >= 4 is 22.6 Å². The van der Waals surface area contributed by atoms with E-state index in [0.29, 0.717) is 19.4 Å². The zero-order valence-corrected chi connectivity index (χ0v) is 15.8. The predicted molar refractivity (Wildman–Crippen MR) is 109 cm³/mol. The van der Waals surface area contributed by atoms with E-state index >= 15 is 0 Å². The number of hydrogen-bond acceptors (Lipinski definition) is 3. The molecule has 0 spiro atoms. The Labute approximate surface area is 160 Å². The van der Waals surface area contributed by atoms with Crippen LogP contribution in [0.4, 0.5) is 5.69 Å². The number of amides is 1. The topological polar surface area (TPSA) is 52.2 Å². The number of nitrogens with one attached hydrogen (secondary N) is 1. The molecule has 4 rings (SSSR count). The summed E-state index contributed by atoms with van der Waals surface area (Å²) in [6, 6.07) is 16.4. The van der Waals surface area contributed by atoms with E-state index < -0.39 is 0 Å². The number of nitrogens with zero attached hydrogens (tertiary/aromatic N) is 3. The number of aromatic nitrogens is 2. The van der Waals surface area contributed by atoms with E-state index in [4.69, 9.17) is 0 Å². The third-order valence-electron chi connectivity index (χ3n) is 5.29. The van der Waals surface area contributed by atoms with Crippen LogP contribution in [0.3, 0.4) is 0 Å². The van der Waals surface area contributed by atoms with Gasteiger partial charge in [0.2, 0.25) is 5.91 Å². The molecule has 1 fully saturated rings. The minimum absolute atomic E-state index is 0.145. The highest BCUT2D eigenvalue weighted by Crippen LogP contribution is 2.25. The summed E-state index contributed by atoms with van der Waals surface area (Å²) in [5.74, 6) is 1.02. The van der Waals surface area contributed by atoms with Gasteiger partial charge in [-0.15, -0.1) is 0 Å². The van der Waals surface area contributed by atoms with Crippen LogP contribution in [-0.4, -0.2) is 40.9 Å². The van der Waals surface area contributed by atoms with Gasteiger partial charge in [0.1, 0.15) is 5.82 Å². The molecule has 1 aromatic heterocycles. The first-order valence-corrected chi connectivity index (χ1v) is 9.71. The number of aromatic amines is 1. The molecule has 5 nitrogen and oxygen atoms in total.